The monoisotopic (exact) mass is 273 g/mol. The van der Waals surface area contributed by atoms with Crippen LogP contribution in [0, 0.1) is 6.92 Å². The first kappa shape index (κ1) is 14.7. The number of aryl methyl sites for hydroxylation is 1. The van der Waals surface area contributed by atoms with E-state index in [1.807, 2.05) is 23.9 Å². The zero-order valence-electron chi connectivity index (χ0n) is 12.7. The van der Waals surface area contributed by atoms with Crippen molar-refractivity contribution in [3.8, 4) is 5.69 Å². The quantitative estimate of drug-likeness (QED) is 0.822. The van der Waals surface area contributed by atoms with E-state index in [1.165, 1.54) is 0 Å². The van der Waals surface area contributed by atoms with Gasteiger partial charge in [0.25, 0.3) is 0 Å². The van der Waals surface area contributed by atoms with Gasteiger partial charge in [0.2, 0.25) is 0 Å². The van der Waals surface area contributed by atoms with Gasteiger partial charge in [-0.25, -0.2) is 15.0 Å². The molecule has 20 heavy (non-hydrogen) atoms. The lowest BCUT2D eigenvalue weighted by atomic mass is 10.2. The van der Waals surface area contributed by atoms with Gasteiger partial charge in [0.1, 0.15) is 11.6 Å². The normalized spacial score (nSPS) is 11.2. The Labute approximate surface area is 120 Å². The van der Waals surface area contributed by atoms with E-state index in [0.717, 1.165) is 42.5 Å². The fourth-order valence-electron chi connectivity index (χ4n) is 2.05. The minimum atomic E-state index is 0.331. The Balaban J connectivity index is 2.37. The molecule has 0 aliphatic rings. The minimum absolute atomic E-state index is 0.331. The summed E-state index contributed by atoms with van der Waals surface area (Å²) in [6, 6.07) is 0. The molecule has 0 aliphatic heterocycles. The van der Waals surface area contributed by atoms with Crippen LogP contribution in [0.15, 0.2) is 18.6 Å². The van der Waals surface area contributed by atoms with Gasteiger partial charge in [0.05, 0.1) is 17.6 Å². The summed E-state index contributed by atoms with van der Waals surface area (Å²) >= 11 is 0. The molecule has 108 valence electrons. The Kier molecular flexibility index (Phi) is 4.84. The highest BCUT2D eigenvalue weighted by Crippen LogP contribution is 2.17. The van der Waals surface area contributed by atoms with E-state index in [2.05, 4.69) is 36.1 Å². The zero-order valence-corrected chi connectivity index (χ0v) is 12.7. The molecule has 0 fully saturated rings. The Morgan fingerprint density at radius 3 is 2.70 bits per heavy atom. The third kappa shape index (κ3) is 3.22. The van der Waals surface area contributed by atoms with Gasteiger partial charge in [-0.3, -0.25) is 0 Å². The van der Waals surface area contributed by atoms with Crippen molar-refractivity contribution < 1.29 is 0 Å². The van der Waals surface area contributed by atoms with E-state index < -0.39 is 0 Å². The number of nitrogens with one attached hydrogen (secondary N) is 1. The number of rotatable bonds is 6. The molecule has 2 aromatic heterocycles. The van der Waals surface area contributed by atoms with Crippen molar-refractivity contribution in [2.24, 2.45) is 0 Å². The minimum Gasteiger partial charge on any atom is -0.311 e. The molecule has 0 atom stereocenters. The highest BCUT2D eigenvalue weighted by molar-refractivity contribution is 5.36. The third-order valence-corrected chi connectivity index (χ3v) is 3.19. The average molecular weight is 273 g/mol. The molecule has 5 nitrogen and oxygen atoms in total. The van der Waals surface area contributed by atoms with Gasteiger partial charge in [-0.2, -0.15) is 0 Å². The Hall–Kier alpha value is -1.75. The maximum atomic E-state index is 4.72. The van der Waals surface area contributed by atoms with Crippen molar-refractivity contribution in [2.45, 2.75) is 46.6 Å². The lowest BCUT2D eigenvalue weighted by molar-refractivity contribution is 0.647. The Morgan fingerprint density at radius 2 is 2.10 bits per heavy atom. The van der Waals surface area contributed by atoms with E-state index in [1.54, 1.807) is 6.20 Å². The number of imidazole rings is 1. The number of aromatic nitrogens is 4. The van der Waals surface area contributed by atoms with Crippen LogP contribution in [0.4, 0.5) is 0 Å². The van der Waals surface area contributed by atoms with Crippen LogP contribution >= 0.6 is 0 Å². The molecule has 1 N–H and O–H groups in total. The first-order chi connectivity index (χ1) is 9.63. The molecule has 5 heteroatoms. The second-order valence-corrected chi connectivity index (χ2v) is 5.24. The predicted molar refractivity (Wildman–Crippen MR) is 80.0 cm³/mol. The van der Waals surface area contributed by atoms with Crippen LogP contribution in [0.5, 0.6) is 0 Å². The van der Waals surface area contributed by atoms with Gasteiger partial charge in [-0.1, -0.05) is 20.8 Å². The standard InChI is InChI=1S/C15H23N5/c1-5-6-16-9-13-14(20-8-7-17-12(20)4)10-18-15(19-13)11(2)3/h7-8,10-11,16H,5-6,9H2,1-4H3. The van der Waals surface area contributed by atoms with Crippen molar-refractivity contribution in [2.75, 3.05) is 6.54 Å². The van der Waals surface area contributed by atoms with Crippen LogP contribution in [-0.4, -0.2) is 26.1 Å². The molecule has 0 saturated carbocycles. The molecule has 2 aromatic rings. The molecular weight excluding hydrogens is 250 g/mol. The molecule has 2 heterocycles. The van der Waals surface area contributed by atoms with E-state index in [4.69, 9.17) is 4.98 Å². The Bertz CT molecular complexity index is 559. The topological polar surface area (TPSA) is 55.6 Å². The predicted octanol–water partition coefficient (Wildman–Crippen LogP) is 2.59. The van der Waals surface area contributed by atoms with Crippen molar-refractivity contribution >= 4 is 0 Å². The second kappa shape index (κ2) is 6.61. The van der Waals surface area contributed by atoms with E-state index in [0.29, 0.717) is 5.92 Å². The van der Waals surface area contributed by atoms with Gasteiger partial charge in [-0.15, -0.1) is 0 Å². The summed E-state index contributed by atoms with van der Waals surface area (Å²) in [7, 11) is 0. The highest BCUT2D eigenvalue weighted by Gasteiger charge is 2.12. The van der Waals surface area contributed by atoms with Gasteiger partial charge in [0.15, 0.2) is 0 Å². The van der Waals surface area contributed by atoms with Gasteiger partial charge in [-0.05, 0) is 19.9 Å². The average Bonchev–Trinajstić information content (AvgIpc) is 2.85. The lowest BCUT2D eigenvalue weighted by Gasteiger charge is -2.14. The zero-order chi connectivity index (χ0) is 14.5. The highest BCUT2D eigenvalue weighted by atomic mass is 15.1. The van der Waals surface area contributed by atoms with Crippen LogP contribution in [0.3, 0.4) is 0 Å². The molecule has 0 aliphatic carbocycles. The Morgan fingerprint density at radius 1 is 1.30 bits per heavy atom. The summed E-state index contributed by atoms with van der Waals surface area (Å²) in [6.45, 7) is 10.1. The van der Waals surface area contributed by atoms with Gasteiger partial charge < -0.3 is 9.88 Å². The van der Waals surface area contributed by atoms with Crippen molar-refractivity contribution in [3.63, 3.8) is 0 Å². The largest absolute Gasteiger partial charge is 0.311 e. The number of hydrogen-bond donors (Lipinski definition) is 1. The van der Waals surface area contributed by atoms with Crippen LogP contribution < -0.4 is 5.32 Å². The van der Waals surface area contributed by atoms with Gasteiger partial charge in [0, 0.05) is 24.9 Å². The first-order valence-corrected chi connectivity index (χ1v) is 7.20. The maximum absolute atomic E-state index is 4.72. The van der Waals surface area contributed by atoms with Crippen molar-refractivity contribution in [1.29, 1.82) is 0 Å². The third-order valence-electron chi connectivity index (χ3n) is 3.19. The lowest BCUT2D eigenvalue weighted by Crippen LogP contribution is -2.18. The fraction of sp³-hybridized carbons (Fsp3) is 0.533. The van der Waals surface area contributed by atoms with Crippen LogP contribution in [0.1, 0.15) is 50.5 Å². The smallest absolute Gasteiger partial charge is 0.131 e. The molecule has 2 rings (SSSR count). The van der Waals surface area contributed by atoms with E-state index >= 15 is 0 Å². The number of hydrogen-bond acceptors (Lipinski definition) is 4. The summed E-state index contributed by atoms with van der Waals surface area (Å²) in [5, 5.41) is 3.42. The number of nitrogens with zero attached hydrogens (tertiary/aromatic N) is 4. The van der Waals surface area contributed by atoms with Crippen molar-refractivity contribution in [1.82, 2.24) is 24.8 Å². The van der Waals surface area contributed by atoms with Crippen LogP contribution in [0.25, 0.3) is 5.69 Å². The summed E-state index contributed by atoms with van der Waals surface area (Å²) in [5.74, 6) is 2.17. The molecule has 0 aromatic carbocycles. The molecule has 0 saturated heterocycles. The molecule has 0 radical (unpaired) electrons. The maximum Gasteiger partial charge on any atom is 0.131 e. The second-order valence-electron chi connectivity index (χ2n) is 5.24. The fourth-order valence-corrected chi connectivity index (χ4v) is 2.05. The SMILES string of the molecule is CCCNCc1nc(C(C)C)ncc1-n1ccnc1C. The summed E-state index contributed by atoms with van der Waals surface area (Å²) in [6.07, 6.45) is 6.77. The summed E-state index contributed by atoms with van der Waals surface area (Å²) in [5.41, 5.74) is 2.03. The molecule has 0 amide bonds. The molecule has 0 bridgehead atoms. The molecular formula is C15H23N5. The van der Waals surface area contributed by atoms with Crippen LogP contribution in [0.2, 0.25) is 0 Å². The van der Waals surface area contributed by atoms with Crippen molar-refractivity contribution in [3.05, 3.63) is 35.9 Å². The van der Waals surface area contributed by atoms with Crippen LogP contribution in [-0.2, 0) is 6.54 Å². The van der Waals surface area contributed by atoms with Gasteiger partial charge >= 0.3 is 0 Å². The first-order valence-electron chi connectivity index (χ1n) is 7.20. The summed E-state index contributed by atoms with van der Waals surface area (Å²) in [4.78, 5) is 13.5. The molecule has 0 unspecified atom stereocenters. The summed E-state index contributed by atoms with van der Waals surface area (Å²) < 4.78 is 2.03. The van der Waals surface area contributed by atoms with E-state index in [-0.39, 0.29) is 0 Å². The van der Waals surface area contributed by atoms with E-state index in [9.17, 15) is 0 Å². The molecule has 0 spiro atoms.